The zero-order valence-electron chi connectivity index (χ0n) is 12.5. The number of rotatable bonds is 4. The van der Waals surface area contributed by atoms with Gasteiger partial charge in [-0.25, -0.2) is 0 Å². The van der Waals surface area contributed by atoms with Gasteiger partial charge in [0.15, 0.2) is 0 Å². The Balaban J connectivity index is 2.30. The number of fused-ring (bicyclic) bond motifs is 1. The third-order valence-electron chi connectivity index (χ3n) is 3.77. The molecule has 0 aliphatic carbocycles. The number of para-hydroxylation sites is 1. The van der Waals surface area contributed by atoms with Crippen LogP contribution >= 0.6 is 0 Å². The molecular formula is C18H17NO3. The molecule has 112 valence electrons. The minimum absolute atomic E-state index is 0.0309. The van der Waals surface area contributed by atoms with Crippen molar-refractivity contribution in [1.29, 1.82) is 0 Å². The Morgan fingerprint density at radius 1 is 1.23 bits per heavy atom. The lowest BCUT2D eigenvalue weighted by atomic mass is 10.0. The summed E-state index contributed by atoms with van der Waals surface area (Å²) < 4.78 is 5.41. The average molecular weight is 295 g/mol. The third-order valence-corrected chi connectivity index (χ3v) is 3.77. The van der Waals surface area contributed by atoms with E-state index in [4.69, 9.17) is 4.74 Å². The van der Waals surface area contributed by atoms with E-state index in [0.29, 0.717) is 0 Å². The van der Waals surface area contributed by atoms with Gasteiger partial charge in [-0.2, -0.15) is 0 Å². The van der Waals surface area contributed by atoms with Crippen LogP contribution in [0.2, 0.25) is 0 Å². The first kappa shape index (κ1) is 14.2. The van der Waals surface area contributed by atoms with Crippen molar-refractivity contribution < 1.29 is 14.6 Å². The molecule has 4 nitrogen and oxygen atoms in total. The minimum atomic E-state index is -0.849. The van der Waals surface area contributed by atoms with Crippen LogP contribution in [-0.4, -0.2) is 23.2 Å². The van der Waals surface area contributed by atoms with Crippen LogP contribution in [0.4, 0.5) is 0 Å². The SMILES string of the molecule is COc1ccccc1-c1[nH]c2ccc(C)cc2c1CC(=O)O. The fourth-order valence-electron chi connectivity index (χ4n) is 2.78. The summed E-state index contributed by atoms with van der Waals surface area (Å²) in [6, 6.07) is 13.6. The Labute approximate surface area is 128 Å². The second-order valence-electron chi connectivity index (χ2n) is 5.30. The number of carboxylic acids is 1. The molecule has 4 heteroatoms. The van der Waals surface area contributed by atoms with Gasteiger partial charge in [-0.05, 0) is 36.8 Å². The molecule has 22 heavy (non-hydrogen) atoms. The largest absolute Gasteiger partial charge is 0.496 e. The summed E-state index contributed by atoms with van der Waals surface area (Å²) >= 11 is 0. The van der Waals surface area contributed by atoms with E-state index in [1.807, 2.05) is 49.4 Å². The van der Waals surface area contributed by atoms with E-state index in [-0.39, 0.29) is 6.42 Å². The molecule has 0 aliphatic heterocycles. The maximum atomic E-state index is 11.3. The first-order valence-corrected chi connectivity index (χ1v) is 7.06. The maximum absolute atomic E-state index is 11.3. The lowest BCUT2D eigenvalue weighted by molar-refractivity contribution is -0.136. The first-order valence-electron chi connectivity index (χ1n) is 7.06. The number of hydrogen-bond acceptors (Lipinski definition) is 2. The quantitative estimate of drug-likeness (QED) is 0.770. The smallest absolute Gasteiger partial charge is 0.307 e. The summed E-state index contributed by atoms with van der Waals surface area (Å²) in [6.07, 6.45) is -0.0309. The van der Waals surface area contributed by atoms with Gasteiger partial charge < -0.3 is 14.8 Å². The third kappa shape index (κ3) is 2.44. The summed E-state index contributed by atoms with van der Waals surface area (Å²) in [5.41, 5.74) is 4.50. The lowest BCUT2D eigenvalue weighted by Crippen LogP contribution is -2.01. The number of aromatic nitrogens is 1. The predicted octanol–water partition coefficient (Wildman–Crippen LogP) is 3.78. The molecule has 0 aliphatic rings. The van der Waals surface area contributed by atoms with Crippen molar-refractivity contribution in [2.45, 2.75) is 13.3 Å². The molecule has 0 saturated carbocycles. The van der Waals surface area contributed by atoms with Crippen LogP contribution < -0.4 is 4.74 Å². The van der Waals surface area contributed by atoms with Gasteiger partial charge in [-0.1, -0.05) is 23.8 Å². The maximum Gasteiger partial charge on any atom is 0.307 e. The van der Waals surface area contributed by atoms with Crippen LogP contribution in [0.5, 0.6) is 5.75 Å². The number of benzene rings is 2. The summed E-state index contributed by atoms with van der Waals surface area (Å²) in [5, 5.41) is 10.2. The van der Waals surface area contributed by atoms with Crippen LogP contribution in [-0.2, 0) is 11.2 Å². The predicted molar refractivity (Wildman–Crippen MR) is 86.4 cm³/mol. The number of H-pyrrole nitrogens is 1. The second kappa shape index (κ2) is 5.56. The molecule has 0 spiro atoms. The molecule has 0 amide bonds. The fourth-order valence-corrected chi connectivity index (χ4v) is 2.78. The normalized spacial score (nSPS) is 10.8. The van der Waals surface area contributed by atoms with Crippen LogP contribution in [0, 0.1) is 6.92 Å². The second-order valence-corrected chi connectivity index (χ2v) is 5.30. The van der Waals surface area contributed by atoms with Crippen molar-refractivity contribution in [2.75, 3.05) is 7.11 Å². The van der Waals surface area contributed by atoms with Crippen molar-refractivity contribution >= 4 is 16.9 Å². The van der Waals surface area contributed by atoms with Gasteiger partial charge in [0, 0.05) is 16.5 Å². The fraction of sp³-hybridized carbons (Fsp3) is 0.167. The Bertz CT molecular complexity index is 849. The van der Waals surface area contributed by atoms with Crippen molar-refractivity contribution in [3.8, 4) is 17.0 Å². The van der Waals surface area contributed by atoms with Gasteiger partial charge in [0.2, 0.25) is 0 Å². The van der Waals surface area contributed by atoms with E-state index in [0.717, 1.165) is 39.0 Å². The van der Waals surface area contributed by atoms with Crippen molar-refractivity contribution in [3.63, 3.8) is 0 Å². The first-order chi connectivity index (χ1) is 10.6. The Morgan fingerprint density at radius 2 is 2.00 bits per heavy atom. The van der Waals surface area contributed by atoms with Crippen LogP contribution in [0.25, 0.3) is 22.2 Å². The highest BCUT2D eigenvalue weighted by molar-refractivity contribution is 5.95. The van der Waals surface area contributed by atoms with Gasteiger partial charge in [0.1, 0.15) is 5.75 Å². The molecule has 3 aromatic rings. The number of hydrogen-bond donors (Lipinski definition) is 2. The van der Waals surface area contributed by atoms with Gasteiger partial charge >= 0.3 is 5.97 Å². The summed E-state index contributed by atoms with van der Waals surface area (Å²) in [4.78, 5) is 14.6. The van der Waals surface area contributed by atoms with Crippen molar-refractivity contribution in [1.82, 2.24) is 4.98 Å². The lowest BCUT2D eigenvalue weighted by Gasteiger charge is -2.08. The zero-order valence-corrected chi connectivity index (χ0v) is 12.5. The van der Waals surface area contributed by atoms with Crippen molar-refractivity contribution in [3.05, 3.63) is 53.6 Å². The van der Waals surface area contributed by atoms with Gasteiger partial charge in [0.05, 0.1) is 19.2 Å². The molecule has 1 aromatic heterocycles. The number of methoxy groups -OCH3 is 1. The highest BCUT2D eigenvalue weighted by Crippen LogP contribution is 2.36. The molecule has 0 fully saturated rings. The number of ether oxygens (including phenoxy) is 1. The van der Waals surface area contributed by atoms with E-state index >= 15 is 0 Å². The van der Waals surface area contributed by atoms with Gasteiger partial charge in [-0.3, -0.25) is 4.79 Å². The molecule has 2 N–H and O–H groups in total. The van der Waals surface area contributed by atoms with Crippen LogP contribution in [0.15, 0.2) is 42.5 Å². The number of aliphatic carboxylic acids is 1. The molecule has 3 rings (SSSR count). The molecular weight excluding hydrogens is 278 g/mol. The molecule has 2 aromatic carbocycles. The van der Waals surface area contributed by atoms with Crippen molar-refractivity contribution in [2.24, 2.45) is 0 Å². The van der Waals surface area contributed by atoms with E-state index in [9.17, 15) is 9.90 Å². The number of carbonyl (C=O) groups is 1. The summed E-state index contributed by atoms with van der Waals surface area (Å²) in [5.74, 6) is -0.129. The molecule has 0 atom stereocenters. The van der Waals surface area contributed by atoms with Crippen LogP contribution in [0.1, 0.15) is 11.1 Å². The van der Waals surface area contributed by atoms with Gasteiger partial charge in [0.25, 0.3) is 0 Å². The zero-order chi connectivity index (χ0) is 15.7. The Hall–Kier alpha value is -2.75. The van der Waals surface area contributed by atoms with E-state index in [2.05, 4.69) is 4.98 Å². The summed E-state index contributed by atoms with van der Waals surface area (Å²) in [6.45, 7) is 2.00. The average Bonchev–Trinajstić information content (AvgIpc) is 2.84. The highest BCUT2D eigenvalue weighted by Gasteiger charge is 2.18. The number of carboxylic acid groups (broad SMARTS) is 1. The Kier molecular flexibility index (Phi) is 3.59. The minimum Gasteiger partial charge on any atom is -0.496 e. The molecule has 0 radical (unpaired) electrons. The topological polar surface area (TPSA) is 62.3 Å². The number of aromatic amines is 1. The standard InChI is InChI=1S/C18H17NO3/c1-11-7-8-15-13(9-11)14(10-17(20)21)18(19-15)12-5-3-4-6-16(12)22-2/h3-9,19H,10H2,1-2H3,(H,20,21). The highest BCUT2D eigenvalue weighted by atomic mass is 16.5. The molecule has 0 bridgehead atoms. The van der Waals surface area contributed by atoms with Gasteiger partial charge in [-0.15, -0.1) is 0 Å². The van der Waals surface area contributed by atoms with E-state index in [1.165, 1.54) is 0 Å². The van der Waals surface area contributed by atoms with Crippen LogP contribution in [0.3, 0.4) is 0 Å². The number of nitrogens with one attached hydrogen (secondary N) is 1. The molecule has 0 unspecified atom stereocenters. The summed E-state index contributed by atoms with van der Waals surface area (Å²) in [7, 11) is 1.61. The van der Waals surface area contributed by atoms with E-state index in [1.54, 1.807) is 7.11 Å². The monoisotopic (exact) mass is 295 g/mol. The van der Waals surface area contributed by atoms with E-state index < -0.39 is 5.97 Å². The number of aryl methyl sites for hydroxylation is 1. The molecule has 0 saturated heterocycles. The Morgan fingerprint density at radius 3 is 2.73 bits per heavy atom. The molecule has 1 heterocycles.